The Morgan fingerprint density at radius 1 is 1.09 bits per heavy atom. The smallest absolute Gasteiger partial charge is 0.337 e. The molecule has 7 heteroatoms. The number of aromatic nitrogens is 2. The lowest BCUT2D eigenvalue weighted by molar-refractivity contribution is 0.0600. The monoisotopic (exact) mass is 454 g/mol. The van der Waals surface area contributed by atoms with Crippen molar-refractivity contribution in [2.24, 2.45) is 0 Å². The van der Waals surface area contributed by atoms with Crippen molar-refractivity contribution in [2.75, 3.05) is 7.11 Å². The highest BCUT2D eigenvalue weighted by atomic mass is 19.1. The van der Waals surface area contributed by atoms with Crippen molar-refractivity contribution in [1.82, 2.24) is 9.78 Å². The summed E-state index contributed by atoms with van der Waals surface area (Å²) in [7, 11) is 1.28. The van der Waals surface area contributed by atoms with Crippen LogP contribution in [-0.4, -0.2) is 28.6 Å². The van der Waals surface area contributed by atoms with Gasteiger partial charge in [-0.15, -0.1) is 0 Å². The van der Waals surface area contributed by atoms with Crippen LogP contribution in [-0.2, 0) is 4.74 Å². The van der Waals surface area contributed by atoms with E-state index in [9.17, 15) is 14.0 Å². The molecule has 6 nitrogen and oxygen atoms in total. The fourth-order valence-corrected chi connectivity index (χ4v) is 3.75. The van der Waals surface area contributed by atoms with Crippen molar-refractivity contribution in [3.05, 3.63) is 107 Å². The van der Waals surface area contributed by atoms with Crippen LogP contribution in [0.2, 0.25) is 0 Å². The minimum absolute atomic E-state index is 0.0819. The molecule has 168 valence electrons. The van der Waals surface area contributed by atoms with Crippen molar-refractivity contribution in [1.29, 1.82) is 0 Å². The van der Waals surface area contributed by atoms with Crippen molar-refractivity contribution < 1.29 is 23.5 Å². The third-order valence-electron chi connectivity index (χ3n) is 5.58. The van der Waals surface area contributed by atoms with Crippen molar-refractivity contribution in [2.45, 2.75) is 6.92 Å². The first-order chi connectivity index (χ1) is 16.4. The second-order valence-corrected chi connectivity index (χ2v) is 7.82. The summed E-state index contributed by atoms with van der Waals surface area (Å²) in [4.78, 5) is 24.9. The summed E-state index contributed by atoms with van der Waals surface area (Å²) in [5, 5.41) is 4.66. The Hall–Kier alpha value is -4.52. The van der Waals surface area contributed by atoms with Crippen LogP contribution >= 0.6 is 0 Å². The number of rotatable bonds is 4. The SMILES string of the molecule is COC(=O)c1ccc2c(c1)C(=O)/C(=C/c1cn(-c3ccccc3)nc1-c1ccc(C)c(F)c1)O2. The van der Waals surface area contributed by atoms with E-state index in [0.717, 1.165) is 5.69 Å². The van der Waals surface area contributed by atoms with E-state index in [1.54, 1.807) is 42.1 Å². The standard InChI is InChI=1S/C27H19FN2O4/c1-16-8-9-17(13-22(16)28)25-19(15-30(29-25)20-6-4-3-5-7-20)14-24-26(31)21-12-18(27(32)33-2)10-11-23(21)34-24/h3-15H,1-2H3/b24-14-. The summed E-state index contributed by atoms with van der Waals surface area (Å²) in [5.74, 6) is -0.822. The quantitative estimate of drug-likeness (QED) is 0.305. The summed E-state index contributed by atoms with van der Waals surface area (Å²) in [6, 6.07) is 18.9. The normalized spacial score (nSPS) is 13.6. The summed E-state index contributed by atoms with van der Waals surface area (Å²) in [5.41, 5.74) is 3.51. The molecule has 0 N–H and O–H groups in total. The van der Waals surface area contributed by atoms with Gasteiger partial charge in [-0.2, -0.15) is 5.10 Å². The Morgan fingerprint density at radius 2 is 1.88 bits per heavy atom. The Labute approximate surface area is 194 Å². The second kappa shape index (κ2) is 8.44. The average molecular weight is 454 g/mol. The molecular weight excluding hydrogens is 435 g/mol. The molecule has 1 aliphatic heterocycles. The number of carbonyl (C=O) groups excluding carboxylic acids is 2. The molecule has 0 amide bonds. The summed E-state index contributed by atoms with van der Waals surface area (Å²) < 4.78 is 26.5. The van der Waals surface area contributed by atoms with Crippen LogP contribution in [0.3, 0.4) is 0 Å². The lowest BCUT2D eigenvalue weighted by Crippen LogP contribution is -2.03. The number of esters is 1. The maximum absolute atomic E-state index is 14.3. The number of Topliss-reactive ketones (excluding diaryl/α,β-unsaturated/α-hetero) is 1. The Bertz CT molecular complexity index is 1470. The third kappa shape index (κ3) is 3.77. The van der Waals surface area contributed by atoms with Gasteiger partial charge in [0.15, 0.2) is 5.76 Å². The Kier molecular flexibility index (Phi) is 5.30. The number of para-hydroxylation sites is 1. The van der Waals surface area contributed by atoms with Gasteiger partial charge in [-0.05, 0) is 55.0 Å². The zero-order valence-corrected chi connectivity index (χ0v) is 18.4. The molecule has 3 aromatic carbocycles. The first-order valence-electron chi connectivity index (χ1n) is 10.5. The number of hydrogen-bond acceptors (Lipinski definition) is 5. The van der Waals surface area contributed by atoms with Crippen LogP contribution in [0.25, 0.3) is 23.0 Å². The molecule has 0 aliphatic carbocycles. The van der Waals surface area contributed by atoms with Crippen LogP contribution < -0.4 is 4.74 Å². The van der Waals surface area contributed by atoms with E-state index in [4.69, 9.17) is 9.47 Å². The van der Waals surface area contributed by atoms with Gasteiger partial charge in [-0.1, -0.05) is 30.3 Å². The number of fused-ring (bicyclic) bond motifs is 1. The summed E-state index contributed by atoms with van der Waals surface area (Å²) in [6.45, 7) is 1.69. The van der Waals surface area contributed by atoms with Gasteiger partial charge in [0.2, 0.25) is 5.78 Å². The fraction of sp³-hybridized carbons (Fsp3) is 0.0741. The Morgan fingerprint density at radius 3 is 2.62 bits per heavy atom. The minimum Gasteiger partial charge on any atom is -0.465 e. The van der Waals surface area contributed by atoms with E-state index < -0.39 is 5.97 Å². The lowest BCUT2D eigenvalue weighted by Gasteiger charge is -2.03. The maximum Gasteiger partial charge on any atom is 0.337 e. The topological polar surface area (TPSA) is 70.4 Å². The minimum atomic E-state index is -0.541. The molecule has 0 bridgehead atoms. The molecule has 0 radical (unpaired) electrons. The molecule has 0 spiro atoms. The fourth-order valence-electron chi connectivity index (χ4n) is 3.75. The zero-order chi connectivity index (χ0) is 23.8. The van der Waals surface area contributed by atoms with Gasteiger partial charge in [-0.3, -0.25) is 4.79 Å². The number of nitrogens with zero attached hydrogens (tertiary/aromatic N) is 2. The third-order valence-corrected chi connectivity index (χ3v) is 5.58. The van der Waals surface area contributed by atoms with Gasteiger partial charge in [0, 0.05) is 17.3 Å². The summed E-state index contributed by atoms with van der Waals surface area (Å²) >= 11 is 0. The van der Waals surface area contributed by atoms with Gasteiger partial charge < -0.3 is 9.47 Å². The number of methoxy groups -OCH3 is 1. The number of carbonyl (C=O) groups is 2. The number of allylic oxidation sites excluding steroid dienone is 1. The predicted octanol–water partition coefficient (Wildman–Crippen LogP) is 5.39. The largest absolute Gasteiger partial charge is 0.465 e. The summed E-state index contributed by atoms with van der Waals surface area (Å²) in [6.07, 6.45) is 3.34. The van der Waals surface area contributed by atoms with Crippen molar-refractivity contribution >= 4 is 17.8 Å². The van der Waals surface area contributed by atoms with Crippen molar-refractivity contribution in [3.8, 4) is 22.7 Å². The van der Waals surface area contributed by atoms with Crippen LogP contribution in [0, 0.1) is 12.7 Å². The molecule has 34 heavy (non-hydrogen) atoms. The van der Waals surface area contributed by atoms with Crippen LogP contribution in [0.5, 0.6) is 5.75 Å². The molecule has 0 saturated heterocycles. The van der Waals surface area contributed by atoms with Gasteiger partial charge in [-0.25, -0.2) is 13.9 Å². The highest BCUT2D eigenvalue weighted by Gasteiger charge is 2.29. The van der Waals surface area contributed by atoms with Gasteiger partial charge >= 0.3 is 5.97 Å². The number of aryl methyl sites for hydroxylation is 1. The highest BCUT2D eigenvalue weighted by molar-refractivity contribution is 6.15. The zero-order valence-electron chi connectivity index (χ0n) is 18.4. The molecule has 5 rings (SSSR count). The van der Waals surface area contributed by atoms with E-state index >= 15 is 0 Å². The molecule has 0 unspecified atom stereocenters. The number of ketones is 1. The van der Waals surface area contributed by atoms with Crippen LogP contribution in [0.4, 0.5) is 4.39 Å². The van der Waals surface area contributed by atoms with E-state index in [2.05, 4.69) is 5.10 Å². The van der Waals surface area contributed by atoms with Crippen LogP contribution in [0.15, 0.2) is 78.7 Å². The van der Waals surface area contributed by atoms with Gasteiger partial charge in [0.25, 0.3) is 0 Å². The second-order valence-electron chi connectivity index (χ2n) is 7.82. The van der Waals surface area contributed by atoms with Crippen molar-refractivity contribution in [3.63, 3.8) is 0 Å². The molecular formula is C27H19FN2O4. The van der Waals surface area contributed by atoms with E-state index in [0.29, 0.717) is 28.1 Å². The van der Waals surface area contributed by atoms with E-state index in [1.807, 2.05) is 30.3 Å². The molecule has 2 heterocycles. The van der Waals surface area contributed by atoms with Gasteiger partial charge in [0.05, 0.1) is 23.9 Å². The van der Waals surface area contributed by atoms with E-state index in [1.165, 1.54) is 25.3 Å². The molecule has 0 atom stereocenters. The molecule has 1 aromatic heterocycles. The number of benzene rings is 3. The Balaban J connectivity index is 1.60. The number of ether oxygens (including phenoxy) is 2. The molecule has 4 aromatic rings. The highest BCUT2D eigenvalue weighted by Crippen LogP contribution is 2.34. The number of hydrogen-bond donors (Lipinski definition) is 0. The first kappa shape index (κ1) is 21.3. The average Bonchev–Trinajstić information content (AvgIpc) is 3.42. The maximum atomic E-state index is 14.3. The first-order valence-corrected chi connectivity index (χ1v) is 10.5. The predicted molar refractivity (Wildman–Crippen MR) is 124 cm³/mol. The molecule has 0 fully saturated rings. The van der Waals surface area contributed by atoms with Gasteiger partial charge in [0.1, 0.15) is 17.3 Å². The van der Waals surface area contributed by atoms with E-state index in [-0.39, 0.29) is 28.5 Å². The number of halogens is 1. The lowest BCUT2D eigenvalue weighted by atomic mass is 10.0. The van der Waals surface area contributed by atoms with Crippen LogP contribution in [0.1, 0.15) is 31.8 Å². The molecule has 1 aliphatic rings. The molecule has 0 saturated carbocycles.